The summed E-state index contributed by atoms with van der Waals surface area (Å²) >= 11 is 0. The van der Waals surface area contributed by atoms with Crippen LogP contribution in [0, 0.1) is 5.92 Å². The maximum absolute atomic E-state index is 12.8. The Kier molecular flexibility index (Phi) is 5.22. The van der Waals surface area contributed by atoms with E-state index in [0.717, 1.165) is 49.6 Å². The van der Waals surface area contributed by atoms with Crippen LogP contribution in [-0.4, -0.2) is 48.3 Å². The third kappa shape index (κ3) is 3.75. The lowest BCUT2D eigenvalue weighted by atomic mass is 10.0. The molecule has 0 radical (unpaired) electrons. The van der Waals surface area contributed by atoms with Gasteiger partial charge in [-0.25, -0.2) is 0 Å². The van der Waals surface area contributed by atoms with Gasteiger partial charge in [-0.1, -0.05) is 12.1 Å². The van der Waals surface area contributed by atoms with Crippen molar-refractivity contribution in [1.82, 2.24) is 20.9 Å². The first-order chi connectivity index (χ1) is 13.1. The van der Waals surface area contributed by atoms with E-state index in [9.17, 15) is 14.4 Å². The highest BCUT2D eigenvalue weighted by Crippen LogP contribution is 2.29. The maximum Gasteiger partial charge on any atom is 0.255 e. The molecular weight excluding hydrogens is 344 g/mol. The summed E-state index contributed by atoms with van der Waals surface area (Å²) in [4.78, 5) is 38.0. The zero-order valence-electron chi connectivity index (χ0n) is 15.4. The van der Waals surface area contributed by atoms with Gasteiger partial charge in [0.25, 0.3) is 5.91 Å². The van der Waals surface area contributed by atoms with Gasteiger partial charge < -0.3 is 15.5 Å². The molecule has 0 aliphatic carbocycles. The van der Waals surface area contributed by atoms with Crippen LogP contribution in [0.4, 0.5) is 0 Å². The molecule has 0 aromatic heterocycles. The van der Waals surface area contributed by atoms with Crippen molar-refractivity contribution in [2.75, 3.05) is 19.6 Å². The number of hydrogen-bond donors (Lipinski definition) is 3. The minimum Gasteiger partial charge on any atom is -0.322 e. The molecule has 2 saturated heterocycles. The van der Waals surface area contributed by atoms with Crippen LogP contribution < -0.4 is 16.0 Å². The molecule has 1 aromatic rings. The molecule has 27 heavy (non-hydrogen) atoms. The first-order valence-corrected chi connectivity index (χ1v) is 9.80. The number of rotatable bonds is 6. The number of imide groups is 1. The molecule has 2 fully saturated rings. The van der Waals surface area contributed by atoms with Gasteiger partial charge in [-0.2, -0.15) is 0 Å². The molecule has 3 heterocycles. The van der Waals surface area contributed by atoms with Crippen molar-refractivity contribution >= 4 is 17.7 Å². The molecule has 1 aromatic carbocycles. The number of nitrogens with zero attached hydrogens (tertiary/aromatic N) is 1. The van der Waals surface area contributed by atoms with E-state index in [1.165, 1.54) is 6.42 Å². The largest absolute Gasteiger partial charge is 0.322 e. The molecule has 3 amide bonds. The fourth-order valence-electron chi connectivity index (χ4n) is 4.31. The summed E-state index contributed by atoms with van der Waals surface area (Å²) in [6, 6.07) is 5.22. The second-order valence-corrected chi connectivity index (χ2v) is 7.67. The van der Waals surface area contributed by atoms with Gasteiger partial charge >= 0.3 is 0 Å². The second kappa shape index (κ2) is 7.78. The van der Waals surface area contributed by atoms with Gasteiger partial charge in [0.2, 0.25) is 11.8 Å². The Morgan fingerprint density at radius 1 is 1.19 bits per heavy atom. The number of hydrogen-bond acceptors (Lipinski definition) is 5. The summed E-state index contributed by atoms with van der Waals surface area (Å²) in [6.07, 6.45) is 3.08. The van der Waals surface area contributed by atoms with Gasteiger partial charge in [0.1, 0.15) is 6.04 Å². The van der Waals surface area contributed by atoms with Crippen LogP contribution in [0.2, 0.25) is 0 Å². The van der Waals surface area contributed by atoms with Crippen molar-refractivity contribution in [2.45, 2.75) is 44.8 Å². The Morgan fingerprint density at radius 3 is 2.85 bits per heavy atom. The smallest absolute Gasteiger partial charge is 0.255 e. The van der Waals surface area contributed by atoms with E-state index in [1.54, 1.807) is 4.90 Å². The van der Waals surface area contributed by atoms with E-state index in [2.05, 4.69) is 16.0 Å². The summed E-state index contributed by atoms with van der Waals surface area (Å²) < 4.78 is 0. The average molecular weight is 370 g/mol. The molecule has 2 unspecified atom stereocenters. The summed E-state index contributed by atoms with van der Waals surface area (Å²) in [5.74, 6) is 0.0157. The molecule has 2 atom stereocenters. The highest BCUT2D eigenvalue weighted by molar-refractivity contribution is 6.05. The number of benzene rings is 1. The number of carbonyl (C=O) groups is 3. The molecular formula is C20H26N4O3. The highest BCUT2D eigenvalue weighted by Gasteiger charge is 2.39. The van der Waals surface area contributed by atoms with Crippen LogP contribution in [0.1, 0.15) is 47.2 Å². The van der Waals surface area contributed by atoms with Gasteiger partial charge in [0.15, 0.2) is 0 Å². The molecule has 0 saturated carbocycles. The summed E-state index contributed by atoms with van der Waals surface area (Å²) in [6.45, 7) is 4.35. The van der Waals surface area contributed by atoms with Crippen molar-refractivity contribution < 1.29 is 14.4 Å². The van der Waals surface area contributed by atoms with E-state index in [1.807, 2.05) is 18.2 Å². The number of fused-ring (bicyclic) bond motifs is 1. The number of amides is 3. The van der Waals surface area contributed by atoms with E-state index in [0.29, 0.717) is 18.5 Å². The van der Waals surface area contributed by atoms with Crippen molar-refractivity contribution in [3.05, 3.63) is 34.9 Å². The average Bonchev–Trinajstić information content (AvgIpc) is 3.28. The summed E-state index contributed by atoms with van der Waals surface area (Å²) in [5, 5.41) is 9.24. The quantitative estimate of drug-likeness (QED) is 0.502. The topological polar surface area (TPSA) is 90.5 Å². The molecule has 7 heteroatoms. The lowest BCUT2D eigenvalue weighted by Gasteiger charge is -2.29. The van der Waals surface area contributed by atoms with E-state index in [-0.39, 0.29) is 24.1 Å². The van der Waals surface area contributed by atoms with Crippen molar-refractivity contribution in [1.29, 1.82) is 0 Å². The molecule has 3 aliphatic heterocycles. The van der Waals surface area contributed by atoms with Crippen LogP contribution in [0.25, 0.3) is 0 Å². The van der Waals surface area contributed by atoms with Gasteiger partial charge in [0, 0.05) is 25.1 Å². The molecule has 0 spiro atoms. The van der Waals surface area contributed by atoms with Gasteiger partial charge in [-0.15, -0.1) is 0 Å². The predicted molar refractivity (Wildman–Crippen MR) is 99.8 cm³/mol. The first-order valence-electron chi connectivity index (χ1n) is 9.80. The zero-order chi connectivity index (χ0) is 18.8. The first kappa shape index (κ1) is 18.1. The molecule has 3 N–H and O–H groups in total. The zero-order valence-corrected chi connectivity index (χ0v) is 15.4. The third-order valence-corrected chi connectivity index (χ3v) is 5.89. The van der Waals surface area contributed by atoms with E-state index >= 15 is 0 Å². The van der Waals surface area contributed by atoms with E-state index < -0.39 is 6.04 Å². The van der Waals surface area contributed by atoms with Crippen LogP contribution in [0.15, 0.2) is 18.2 Å². The highest BCUT2D eigenvalue weighted by atomic mass is 16.2. The molecule has 7 nitrogen and oxygen atoms in total. The Hall–Kier alpha value is -2.25. The van der Waals surface area contributed by atoms with E-state index in [4.69, 9.17) is 0 Å². The Balaban J connectivity index is 1.39. The van der Waals surface area contributed by atoms with Crippen LogP contribution >= 0.6 is 0 Å². The van der Waals surface area contributed by atoms with Crippen molar-refractivity contribution in [2.24, 2.45) is 5.92 Å². The molecule has 4 rings (SSSR count). The van der Waals surface area contributed by atoms with Gasteiger partial charge in [-0.05, 0) is 62.0 Å². The maximum atomic E-state index is 12.8. The normalized spacial score (nSPS) is 25.0. The summed E-state index contributed by atoms with van der Waals surface area (Å²) in [7, 11) is 0. The Labute approximate surface area is 158 Å². The molecule has 0 bridgehead atoms. The number of carbonyl (C=O) groups excluding carboxylic acids is 3. The lowest BCUT2D eigenvalue weighted by molar-refractivity contribution is -0.136. The van der Waals surface area contributed by atoms with Gasteiger partial charge in [-0.3, -0.25) is 19.7 Å². The number of piperidine rings is 1. The Morgan fingerprint density at radius 2 is 2.07 bits per heavy atom. The van der Waals surface area contributed by atoms with Crippen molar-refractivity contribution in [3.8, 4) is 0 Å². The monoisotopic (exact) mass is 370 g/mol. The molecule has 3 aliphatic rings. The standard InChI is InChI=1S/C20H26N4O3/c25-18-5-4-17(19(26)23-18)24-12-16-14(2-1-3-15(16)20(24)27)11-22-9-7-13-6-8-21-10-13/h1-3,13,17,21-22H,4-12H2,(H,23,25,26). The fourth-order valence-corrected chi connectivity index (χ4v) is 4.31. The van der Waals surface area contributed by atoms with Gasteiger partial charge in [0.05, 0.1) is 0 Å². The minimum absolute atomic E-state index is 0.113. The second-order valence-electron chi connectivity index (χ2n) is 7.67. The lowest BCUT2D eigenvalue weighted by Crippen LogP contribution is -2.52. The molecule has 144 valence electrons. The fraction of sp³-hybridized carbons (Fsp3) is 0.550. The minimum atomic E-state index is -0.557. The SMILES string of the molecule is O=C1CCC(N2Cc3c(CNCCC4CCNC4)cccc3C2=O)C(=O)N1. The summed E-state index contributed by atoms with van der Waals surface area (Å²) in [5.41, 5.74) is 2.79. The predicted octanol–water partition coefficient (Wildman–Crippen LogP) is 0.537. The van der Waals surface area contributed by atoms with Crippen LogP contribution in [0.3, 0.4) is 0 Å². The number of nitrogens with one attached hydrogen (secondary N) is 3. The van der Waals surface area contributed by atoms with Crippen LogP contribution in [0.5, 0.6) is 0 Å². The third-order valence-electron chi connectivity index (χ3n) is 5.89. The Bertz CT molecular complexity index is 758. The van der Waals surface area contributed by atoms with Crippen molar-refractivity contribution in [3.63, 3.8) is 0 Å². The van der Waals surface area contributed by atoms with Crippen LogP contribution in [-0.2, 0) is 22.7 Å².